The van der Waals surface area contributed by atoms with Gasteiger partial charge in [0.25, 0.3) is 5.91 Å². The van der Waals surface area contributed by atoms with Gasteiger partial charge < -0.3 is 10.6 Å². The summed E-state index contributed by atoms with van der Waals surface area (Å²) in [5.74, 6) is -3.32. The summed E-state index contributed by atoms with van der Waals surface area (Å²) in [6.07, 6.45) is 0. The van der Waals surface area contributed by atoms with Crippen LogP contribution in [0.25, 0.3) is 5.69 Å². The predicted octanol–water partition coefficient (Wildman–Crippen LogP) is 4.65. The molecular weight excluding hydrogens is 450 g/mol. The first-order valence-corrected chi connectivity index (χ1v) is 11.1. The van der Waals surface area contributed by atoms with Crippen LogP contribution in [0.5, 0.6) is 0 Å². The number of nitrogens with one attached hydrogen (secondary N) is 2. The van der Waals surface area contributed by atoms with Crippen molar-refractivity contribution in [1.82, 2.24) is 15.1 Å². The Labute approximate surface area is 200 Å². The highest BCUT2D eigenvalue weighted by molar-refractivity contribution is 6.04. The summed E-state index contributed by atoms with van der Waals surface area (Å²) in [5.41, 5.74) is 3.57. The van der Waals surface area contributed by atoms with E-state index in [1.54, 1.807) is 29.8 Å². The number of para-hydroxylation sites is 1. The molecule has 0 radical (unpaired) electrons. The summed E-state index contributed by atoms with van der Waals surface area (Å²) in [7, 11) is 0. The van der Waals surface area contributed by atoms with E-state index in [2.05, 4.69) is 15.7 Å². The molecule has 2 N–H and O–H groups in total. The number of hydrogen-bond acceptors (Lipinski definition) is 3. The molecular formula is C27H22F2N4O2. The minimum absolute atomic E-state index is 0.352. The van der Waals surface area contributed by atoms with Gasteiger partial charge in [-0.3, -0.25) is 9.59 Å². The Balaban J connectivity index is 1.64. The standard InChI is InChI=1S/C27H22F2N4O2/c1-15-7-6-8-18(13-15)26(34)30-24-23(17-11-12-20(28)21(29)14-17)22-16(2)32-33(25(22)31-27(24)35)19-9-4-3-5-10-19/h3-14,23-24H,1-2H3,(H,30,34)(H,31,35)/t23-,24+/m0/s1. The summed E-state index contributed by atoms with van der Waals surface area (Å²) >= 11 is 0. The molecule has 2 amide bonds. The van der Waals surface area contributed by atoms with Gasteiger partial charge in [-0.05, 0) is 55.8 Å². The van der Waals surface area contributed by atoms with E-state index < -0.39 is 35.4 Å². The number of anilines is 1. The molecule has 0 bridgehead atoms. The monoisotopic (exact) mass is 472 g/mol. The van der Waals surface area contributed by atoms with Crippen LogP contribution in [0.2, 0.25) is 0 Å². The van der Waals surface area contributed by atoms with E-state index in [0.29, 0.717) is 28.2 Å². The number of carbonyl (C=O) groups excluding carboxylic acids is 2. The zero-order valence-corrected chi connectivity index (χ0v) is 19.0. The molecule has 1 aliphatic rings. The van der Waals surface area contributed by atoms with Crippen molar-refractivity contribution in [3.05, 3.63) is 112 Å². The highest BCUT2D eigenvalue weighted by atomic mass is 19.2. The van der Waals surface area contributed by atoms with Crippen LogP contribution >= 0.6 is 0 Å². The average Bonchev–Trinajstić information content (AvgIpc) is 3.17. The van der Waals surface area contributed by atoms with Crippen molar-refractivity contribution >= 4 is 17.6 Å². The van der Waals surface area contributed by atoms with Crippen LogP contribution in [0.1, 0.15) is 38.7 Å². The van der Waals surface area contributed by atoms with Crippen molar-refractivity contribution in [2.75, 3.05) is 5.32 Å². The lowest BCUT2D eigenvalue weighted by Gasteiger charge is -2.33. The number of fused-ring (bicyclic) bond motifs is 1. The SMILES string of the molecule is Cc1cccc(C(=O)N[C@H]2C(=O)Nc3c(c(C)nn3-c3ccccc3)[C@@H]2c2ccc(F)c(F)c2)c1. The smallest absolute Gasteiger partial charge is 0.251 e. The third-order valence-electron chi connectivity index (χ3n) is 6.15. The summed E-state index contributed by atoms with van der Waals surface area (Å²) in [4.78, 5) is 26.5. The molecule has 0 saturated heterocycles. The Hall–Kier alpha value is -4.33. The fourth-order valence-electron chi connectivity index (χ4n) is 4.53. The van der Waals surface area contributed by atoms with Gasteiger partial charge in [0, 0.05) is 17.0 Å². The number of nitrogens with zero attached hydrogens (tertiary/aromatic N) is 2. The van der Waals surface area contributed by atoms with Gasteiger partial charge in [-0.2, -0.15) is 5.10 Å². The second kappa shape index (κ2) is 8.79. The summed E-state index contributed by atoms with van der Waals surface area (Å²) in [6.45, 7) is 3.64. The number of aryl methyl sites for hydroxylation is 2. The molecule has 0 aliphatic carbocycles. The van der Waals surface area contributed by atoms with Crippen LogP contribution in [-0.2, 0) is 4.79 Å². The lowest BCUT2D eigenvalue weighted by atomic mass is 9.81. The third-order valence-corrected chi connectivity index (χ3v) is 6.15. The molecule has 3 aromatic carbocycles. The second-order valence-corrected chi connectivity index (χ2v) is 8.56. The van der Waals surface area contributed by atoms with Crippen molar-refractivity contribution in [1.29, 1.82) is 0 Å². The molecule has 8 heteroatoms. The fourth-order valence-corrected chi connectivity index (χ4v) is 4.53. The molecule has 1 aromatic heterocycles. The Kier molecular flexibility index (Phi) is 5.64. The van der Waals surface area contributed by atoms with Gasteiger partial charge in [-0.1, -0.05) is 42.0 Å². The zero-order chi connectivity index (χ0) is 24.7. The van der Waals surface area contributed by atoms with Crippen LogP contribution in [0, 0.1) is 25.5 Å². The Morgan fingerprint density at radius 1 is 0.971 bits per heavy atom. The molecule has 0 unspecified atom stereocenters. The van der Waals surface area contributed by atoms with Crippen LogP contribution in [0.3, 0.4) is 0 Å². The van der Waals surface area contributed by atoms with Crippen molar-refractivity contribution in [2.45, 2.75) is 25.8 Å². The first-order chi connectivity index (χ1) is 16.8. The first-order valence-electron chi connectivity index (χ1n) is 11.1. The highest BCUT2D eigenvalue weighted by Gasteiger charge is 2.42. The second-order valence-electron chi connectivity index (χ2n) is 8.56. The molecule has 1 aliphatic heterocycles. The minimum Gasteiger partial charge on any atom is -0.339 e. The van der Waals surface area contributed by atoms with Crippen LogP contribution in [-0.4, -0.2) is 27.6 Å². The molecule has 2 heterocycles. The highest BCUT2D eigenvalue weighted by Crippen LogP contribution is 2.41. The normalized spacial score (nSPS) is 17.0. The average molecular weight is 472 g/mol. The molecule has 0 saturated carbocycles. The maximum atomic E-state index is 14.3. The quantitative estimate of drug-likeness (QED) is 0.454. The number of carbonyl (C=O) groups is 2. The van der Waals surface area contributed by atoms with E-state index in [0.717, 1.165) is 23.4 Å². The van der Waals surface area contributed by atoms with Crippen LogP contribution < -0.4 is 10.6 Å². The van der Waals surface area contributed by atoms with Gasteiger partial charge in [0.2, 0.25) is 5.91 Å². The maximum absolute atomic E-state index is 14.3. The van der Waals surface area contributed by atoms with E-state index in [9.17, 15) is 18.4 Å². The minimum atomic E-state index is -1.08. The van der Waals surface area contributed by atoms with Crippen molar-refractivity contribution < 1.29 is 18.4 Å². The van der Waals surface area contributed by atoms with Crippen LogP contribution in [0.4, 0.5) is 14.6 Å². The summed E-state index contributed by atoms with van der Waals surface area (Å²) in [5, 5.41) is 10.3. The number of halogens is 2. The van der Waals surface area contributed by atoms with Gasteiger partial charge in [0.1, 0.15) is 11.9 Å². The van der Waals surface area contributed by atoms with Crippen LogP contribution in [0.15, 0.2) is 72.8 Å². The van der Waals surface area contributed by atoms with Gasteiger partial charge >= 0.3 is 0 Å². The summed E-state index contributed by atoms with van der Waals surface area (Å²) < 4.78 is 29.7. The van der Waals surface area contributed by atoms with E-state index in [1.807, 2.05) is 43.3 Å². The first kappa shape index (κ1) is 22.5. The molecule has 5 rings (SSSR count). The maximum Gasteiger partial charge on any atom is 0.251 e. The fraction of sp³-hybridized carbons (Fsp3) is 0.148. The molecule has 0 fully saturated rings. The van der Waals surface area contributed by atoms with E-state index >= 15 is 0 Å². The molecule has 35 heavy (non-hydrogen) atoms. The van der Waals surface area contributed by atoms with Gasteiger partial charge in [0.15, 0.2) is 11.6 Å². The Morgan fingerprint density at radius 2 is 1.74 bits per heavy atom. The number of amides is 2. The van der Waals surface area contributed by atoms with Gasteiger partial charge in [-0.15, -0.1) is 0 Å². The lowest BCUT2D eigenvalue weighted by Crippen LogP contribution is -2.50. The van der Waals surface area contributed by atoms with Gasteiger partial charge in [-0.25, -0.2) is 13.5 Å². The van der Waals surface area contributed by atoms with Crippen molar-refractivity contribution in [3.8, 4) is 5.69 Å². The molecule has 0 spiro atoms. The lowest BCUT2D eigenvalue weighted by molar-refractivity contribution is -0.118. The van der Waals surface area contributed by atoms with E-state index in [4.69, 9.17) is 0 Å². The number of benzene rings is 3. The topological polar surface area (TPSA) is 76.0 Å². The third kappa shape index (κ3) is 4.07. The molecule has 4 aromatic rings. The van der Waals surface area contributed by atoms with Crippen molar-refractivity contribution in [2.24, 2.45) is 0 Å². The molecule has 176 valence electrons. The number of hydrogen-bond donors (Lipinski definition) is 2. The Morgan fingerprint density at radius 3 is 2.46 bits per heavy atom. The largest absolute Gasteiger partial charge is 0.339 e. The summed E-state index contributed by atoms with van der Waals surface area (Å²) in [6, 6.07) is 18.7. The molecule has 2 atom stereocenters. The van der Waals surface area contributed by atoms with Gasteiger partial charge in [0.05, 0.1) is 11.4 Å². The molecule has 6 nitrogen and oxygen atoms in total. The van der Waals surface area contributed by atoms with E-state index in [-0.39, 0.29) is 0 Å². The predicted molar refractivity (Wildman–Crippen MR) is 128 cm³/mol. The van der Waals surface area contributed by atoms with E-state index in [1.165, 1.54) is 6.07 Å². The number of aromatic nitrogens is 2. The Bertz CT molecular complexity index is 1450. The zero-order valence-electron chi connectivity index (χ0n) is 19.0. The van der Waals surface area contributed by atoms with Crippen molar-refractivity contribution in [3.63, 3.8) is 0 Å². The number of rotatable bonds is 4.